The maximum atomic E-state index is 6.94. The Morgan fingerprint density at radius 3 is 2.55 bits per heavy atom. The number of anilines is 1. The molecule has 1 aromatic heterocycles. The molecule has 1 unspecified atom stereocenters. The highest BCUT2D eigenvalue weighted by molar-refractivity contribution is 5.76. The summed E-state index contributed by atoms with van der Waals surface area (Å²) in [5, 5.41) is 3.53. The van der Waals surface area contributed by atoms with Crippen LogP contribution in [-0.4, -0.2) is 28.0 Å². The minimum absolute atomic E-state index is 0.289. The van der Waals surface area contributed by atoms with Gasteiger partial charge in [-0.3, -0.25) is 0 Å². The Kier molecular flexibility index (Phi) is 5.27. The average molecular weight is 397 g/mol. The van der Waals surface area contributed by atoms with Crippen molar-refractivity contribution in [2.75, 3.05) is 17.3 Å². The number of aromatic nitrogens is 2. The fourth-order valence-electron chi connectivity index (χ4n) is 4.31. The lowest BCUT2D eigenvalue weighted by Crippen LogP contribution is -2.59. The molecular formula is C22H32N6O. The molecule has 0 radical (unpaired) electrons. The number of imidazole rings is 1. The van der Waals surface area contributed by atoms with Gasteiger partial charge in [-0.1, -0.05) is 0 Å². The number of aryl methyl sites for hydroxylation is 1. The highest BCUT2D eigenvalue weighted by Gasteiger charge is 2.40. The van der Waals surface area contributed by atoms with E-state index in [1.807, 2.05) is 42.8 Å². The lowest BCUT2D eigenvalue weighted by Gasteiger charge is -2.43. The first-order valence-corrected chi connectivity index (χ1v) is 10.5. The molecule has 0 spiro atoms. The van der Waals surface area contributed by atoms with Crippen molar-refractivity contribution >= 4 is 11.4 Å². The van der Waals surface area contributed by atoms with E-state index in [2.05, 4.69) is 23.7 Å². The van der Waals surface area contributed by atoms with Gasteiger partial charge in [0.05, 0.1) is 23.7 Å². The predicted octanol–water partition coefficient (Wildman–Crippen LogP) is 3.08. The molecule has 1 saturated carbocycles. The second-order valence-corrected chi connectivity index (χ2v) is 8.24. The Hall–Kier alpha value is -2.51. The highest BCUT2D eigenvalue weighted by Crippen LogP contribution is 2.36. The molecule has 29 heavy (non-hydrogen) atoms. The summed E-state index contributed by atoms with van der Waals surface area (Å²) in [6.45, 7) is 6.72. The molecule has 0 bridgehead atoms. The highest BCUT2D eigenvalue weighted by atomic mass is 16.5. The summed E-state index contributed by atoms with van der Waals surface area (Å²) >= 11 is 0. The summed E-state index contributed by atoms with van der Waals surface area (Å²) in [5.74, 6) is 2.02. The van der Waals surface area contributed by atoms with Crippen molar-refractivity contribution in [1.82, 2.24) is 9.66 Å². The van der Waals surface area contributed by atoms with Crippen LogP contribution in [0.5, 0.6) is 5.75 Å². The molecule has 0 amide bonds. The van der Waals surface area contributed by atoms with Crippen LogP contribution in [0.2, 0.25) is 0 Å². The van der Waals surface area contributed by atoms with Crippen molar-refractivity contribution in [3.05, 3.63) is 47.6 Å². The van der Waals surface area contributed by atoms with Crippen LogP contribution < -0.4 is 26.9 Å². The minimum atomic E-state index is -0.654. The van der Waals surface area contributed by atoms with E-state index in [1.165, 1.54) is 0 Å². The van der Waals surface area contributed by atoms with E-state index in [9.17, 15) is 0 Å². The van der Waals surface area contributed by atoms with Crippen LogP contribution in [0.15, 0.2) is 30.3 Å². The number of fused-ring (bicyclic) bond motifs is 1. The van der Waals surface area contributed by atoms with E-state index in [0.717, 1.165) is 60.0 Å². The molecule has 1 atom stereocenters. The Bertz CT molecular complexity index is 895. The molecule has 0 saturated heterocycles. The fraction of sp³-hybridized carbons (Fsp3) is 0.500. The second-order valence-electron chi connectivity index (χ2n) is 8.24. The number of hydrogen-bond acceptors (Lipinski definition) is 6. The third-order valence-corrected chi connectivity index (χ3v) is 6.17. The van der Waals surface area contributed by atoms with Crippen LogP contribution in [0.25, 0.3) is 5.70 Å². The average Bonchev–Trinajstić information content (AvgIpc) is 2.98. The zero-order chi connectivity index (χ0) is 20.6. The van der Waals surface area contributed by atoms with Crippen LogP contribution in [0.3, 0.4) is 0 Å². The monoisotopic (exact) mass is 396 g/mol. The lowest BCUT2D eigenvalue weighted by atomic mass is 9.78. The Balaban J connectivity index is 1.66. The van der Waals surface area contributed by atoms with E-state index in [-0.39, 0.29) is 6.04 Å². The van der Waals surface area contributed by atoms with Gasteiger partial charge in [0.15, 0.2) is 5.82 Å². The minimum Gasteiger partial charge on any atom is -0.494 e. The molecule has 2 aliphatic rings. The largest absolute Gasteiger partial charge is 0.494 e. The molecule has 1 aromatic carbocycles. The van der Waals surface area contributed by atoms with Gasteiger partial charge in [0.2, 0.25) is 0 Å². The van der Waals surface area contributed by atoms with Crippen molar-refractivity contribution in [1.29, 1.82) is 0 Å². The van der Waals surface area contributed by atoms with Crippen LogP contribution in [0.1, 0.15) is 49.8 Å². The topological polar surface area (TPSA) is 103 Å². The van der Waals surface area contributed by atoms with Gasteiger partial charge < -0.3 is 26.9 Å². The van der Waals surface area contributed by atoms with E-state index in [4.69, 9.17) is 21.2 Å². The van der Waals surface area contributed by atoms with Gasteiger partial charge in [0.25, 0.3) is 0 Å². The van der Waals surface area contributed by atoms with E-state index in [0.29, 0.717) is 12.5 Å². The summed E-state index contributed by atoms with van der Waals surface area (Å²) < 4.78 is 7.58. The molecule has 2 heterocycles. The third kappa shape index (κ3) is 3.84. The van der Waals surface area contributed by atoms with Gasteiger partial charge in [-0.05, 0) is 76.8 Å². The molecule has 7 nitrogen and oxygen atoms in total. The summed E-state index contributed by atoms with van der Waals surface area (Å²) in [7, 11) is 0. The zero-order valence-electron chi connectivity index (χ0n) is 17.5. The maximum absolute atomic E-state index is 6.94. The molecule has 2 aromatic rings. The van der Waals surface area contributed by atoms with Crippen LogP contribution in [0.4, 0.5) is 5.69 Å². The first-order chi connectivity index (χ1) is 13.9. The SMILES string of the molecule is CCOc1ccc(NC2=CC(N)(C3CCC(N)CC3)Nn3c2nc(C)c3C)cc1. The Labute approximate surface area is 172 Å². The molecule has 156 valence electrons. The van der Waals surface area contributed by atoms with Gasteiger partial charge in [0.1, 0.15) is 11.4 Å². The number of nitrogens with two attached hydrogens (primary N) is 2. The molecule has 1 fully saturated rings. The lowest BCUT2D eigenvalue weighted by molar-refractivity contribution is 0.238. The molecule has 1 aliphatic heterocycles. The Morgan fingerprint density at radius 1 is 1.21 bits per heavy atom. The first-order valence-electron chi connectivity index (χ1n) is 10.5. The molecular weight excluding hydrogens is 364 g/mol. The summed E-state index contributed by atoms with van der Waals surface area (Å²) in [6, 6.07) is 8.25. The van der Waals surface area contributed by atoms with Gasteiger partial charge in [0, 0.05) is 17.6 Å². The number of benzene rings is 1. The second kappa shape index (κ2) is 7.72. The standard InChI is InChI=1S/C22H32N6O/c1-4-29-19-11-9-18(10-12-19)26-20-13-22(24,16-5-7-17(23)8-6-16)27-28-15(3)14(2)25-21(20)28/h9-13,16-17,26-27H,4-8,23-24H2,1-3H3. The van der Waals surface area contributed by atoms with Crippen molar-refractivity contribution in [3.8, 4) is 5.75 Å². The summed E-state index contributed by atoms with van der Waals surface area (Å²) in [4.78, 5) is 4.77. The molecule has 7 heteroatoms. The third-order valence-electron chi connectivity index (χ3n) is 6.17. The van der Waals surface area contributed by atoms with Gasteiger partial charge in [-0.15, -0.1) is 0 Å². The molecule has 6 N–H and O–H groups in total. The molecule has 1 aliphatic carbocycles. The fourth-order valence-corrected chi connectivity index (χ4v) is 4.31. The number of hydrogen-bond donors (Lipinski definition) is 4. The van der Waals surface area contributed by atoms with Crippen molar-refractivity contribution in [2.24, 2.45) is 17.4 Å². The summed E-state index contributed by atoms with van der Waals surface area (Å²) in [6.07, 6.45) is 6.15. The van der Waals surface area contributed by atoms with Crippen LogP contribution in [0, 0.1) is 19.8 Å². The number of nitrogens with one attached hydrogen (secondary N) is 2. The van der Waals surface area contributed by atoms with Gasteiger partial charge in [-0.2, -0.15) is 0 Å². The van der Waals surface area contributed by atoms with Gasteiger partial charge >= 0.3 is 0 Å². The van der Waals surface area contributed by atoms with Crippen molar-refractivity contribution in [2.45, 2.75) is 58.2 Å². The summed E-state index contributed by atoms with van der Waals surface area (Å²) in [5.41, 5.74) is 19.9. The number of rotatable bonds is 5. The number of nitrogens with zero attached hydrogens (tertiary/aromatic N) is 2. The maximum Gasteiger partial charge on any atom is 0.175 e. The van der Waals surface area contributed by atoms with E-state index in [1.54, 1.807) is 0 Å². The normalized spacial score (nSPS) is 26.3. The zero-order valence-corrected chi connectivity index (χ0v) is 17.5. The predicted molar refractivity (Wildman–Crippen MR) is 117 cm³/mol. The molecule has 4 rings (SSSR count). The van der Waals surface area contributed by atoms with Crippen LogP contribution in [-0.2, 0) is 0 Å². The van der Waals surface area contributed by atoms with Crippen LogP contribution >= 0.6 is 0 Å². The van der Waals surface area contributed by atoms with E-state index >= 15 is 0 Å². The Morgan fingerprint density at radius 2 is 1.90 bits per heavy atom. The van der Waals surface area contributed by atoms with Crippen molar-refractivity contribution in [3.63, 3.8) is 0 Å². The first kappa shape index (κ1) is 19.8. The quantitative estimate of drug-likeness (QED) is 0.619. The van der Waals surface area contributed by atoms with E-state index < -0.39 is 5.66 Å². The smallest absolute Gasteiger partial charge is 0.175 e. The van der Waals surface area contributed by atoms with Crippen molar-refractivity contribution < 1.29 is 4.74 Å². The number of ether oxygens (including phenoxy) is 1. The van der Waals surface area contributed by atoms with Gasteiger partial charge in [-0.25, -0.2) is 9.66 Å².